The minimum absolute atomic E-state index is 0.101. The van der Waals surface area contributed by atoms with E-state index in [1.54, 1.807) is 19.9 Å². The van der Waals surface area contributed by atoms with Crippen LogP contribution in [0.25, 0.3) is 11.0 Å². The molecule has 3 atom stereocenters. The van der Waals surface area contributed by atoms with Gasteiger partial charge in [0.25, 0.3) is 0 Å². The molecule has 2 aliphatic heterocycles. The molecule has 2 aliphatic rings. The number of rotatable bonds is 5. The zero-order chi connectivity index (χ0) is 22.7. The van der Waals surface area contributed by atoms with E-state index >= 15 is 0 Å². The van der Waals surface area contributed by atoms with Crippen LogP contribution in [-0.2, 0) is 20.7 Å². The maximum atomic E-state index is 12.9. The number of carbonyl (C=O) groups is 1. The fourth-order valence-corrected chi connectivity index (χ4v) is 4.20. The molecule has 3 heterocycles. The lowest BCUT2D eigenvalue weighted by atomic mass is 9.89. The quantitative estimate of drug-likeness (QED) is 0.565. The Hall–Kier alpha value is -2.54. The zero-order valence-corrected chi connectivity index (χ0v) is 18.9. The van der Waals surface area contributed by atoms with Crippen molar-refractivity contribution < 1.29 is 28.5 Å². The molecule has 4 rings (SSSR count). The summed E-state index contributed by atoms with van der Waals surface area (Å²) in [5.41, 5.74) is -1.43. The number of aryl methyl sites for hydroxylation is 1. The van der Waals surface area contributed by atoms with Crippen molar-refractivity contribution in [1.29, 1.82) is 0 Å². The van der Waals surface area contributed by atoms with Crippen molar-refractivity contribution in [2.24, 2.45) is 5.92 Å². The first-order chi connectivity index (χ1) is 14.4. The summed E-state index contributed by atoms with van der Waals surface area (Å²) in [6.45, 7) is 11.3. The molecule has 1 aromatic heterocycles. The average Bonchev–Trinajstić information content (AvgIpc) is 3.32. The lowest BCUT2D eigenvalue weighted by Gasteiger charge is -2.39. The molecule has 168 valence electrons. The zero-order valence-electron chi connectivity index (χ0n) is 18.9. The first-order valence-corrected chi connectivity index (χ1v) is 10.8. The van der Waals surface area contributed by atoms with Crippen LogP contribution in [0.15, 0.2) is 21.3 Å². The second kappa shape index (κ2) is 7.26. The van der Waals surface area contributed by atoms with Gasteiger partial charge in [-0.2, -0.15) is 0 Å². The summed E-state index contributed by atoms with van der Waals surface area (Å²) in [6.07, 6.45) is 1.20. The van der Waals surface area contributed by atoms with E-state index in [0.29, 0.717) is 23.0 Å². The van der Waals surface area contributed by atoms with E-state index < -0.39 is 23.3 Å². The van der Waals surface area contributed by atoms with Gasteiger partial charge in [0, 0.05) is 24.1 Å². The molecule has 0 spiro atoms. The van der Waals surface area contributed by atoms with Crippen LogP contribution in [0.1, 0.15) is 58.8 Å². The molecule has 1 N–H and O–H groups in total. The predicted octanol–water partition coefficient (Wildman–Crippen LogP) is 4.03. The average molecular weight is 430 g/mol. The first kappa shape index (κ1) is 21.7. The summed E-state index contributed by atoms with van der Waals surface area (Å²) in [5, 5.41) is 10.9. The number of hydrogen-bond acceptors (Lipinski definition) is 7. The summed E-state index contributed by atoms with van der Waals surface area (Å²) in [5.74, 6) is 0.775. The highest BCUT2D eigenvalue weighted by molar-refractivity contribution is 5.87. The highest BCUT2D eigenvalue weighted by Gasteiger charge is 2.60. The topological polar surface area (TPSA) is 98.5 Å². The Kier molecular flexibility index (Phi) is 5.08. The molecule has 7 nitrogen and oxygen atoms in total. The largest absolute Gasteiger partial charge is 0.507 e. The number of phenols is 1. The second-order valence-electron chi connectivity index (χ2n) is 9.78. The fraction of sp³-hybridized carbons (Fsp3) is 0.583. The predicted molar refractivity (Wildman–Crippen MR) is 115 cm³/mol. The number of benzene rings is 1. The van der Waals surface area contributed by atoms with E-state index in [-0.39, 0.29) is 34.7 Å². The van der Waals surface area contributed by atoms with Crippen molar-refractivity contribution in [1.82, 2.24) is 0 Å². The van der Waals surface area contributed by atoms with Gasteiger partial charge in [-0.3, -0.25) is 4.79 Å². The molecule has 0 saturated carbocycles. The monoisotopic (exact) mass is 430 g/mol. The van der Waals surface area contributed by atoms with Crippen molar-refractivity contribution in [3.63, 3.8) is 0 Å². The van der Waals surface area contributed by atoms with Crippen LogP contribution >= 0.6 is 0 Å². The van der Waals surface area contributed by atoms with Gasteiger partial charge < -0.3 is 23.7 Å². The molecule has 31 heavy (non-hydrogen) atoms. The van der Waals surface area contributed by atoms with Gasteiger partial charge in [0.1, 0.15) is 39.9 Å². The number of ether oxygens (including phenoxy) is 3. The van der Waals surface area contributed by atoms with Crippen LogP contribution < -0.4 is 10.2 Å². The van der Waals surface area contributed by atoms with E-state index in [4.69, 9.17) is 18.6 Å². The number of phenolic OH excluding ortho intramolecular Hbond substituents is 1. The fourth-order valence-electron chi connectivity index (χ4n) is 4.20. The maximum absolute atomic E-state index is 12.9. The van der Waals surface area contributed by atoms with Crippen molar-refractivity contribution in [3.05, 3.63) is 33.7 Å². The summed E-state index contributed by atoms with van der Waals surface area (Å²) in [7, 11) is 0. The van der Waals surface area contributed by atoms with E-state index in [0.717, 1.165) is 12.8 Å². The van der Waals surface area contributed by atoms with E-state index in [9.17, 15) is 14.7 Å². The minimum atomic E-state index is -0.949. The van der Waals surface area contributed by atoms with Crippen LogP contribution in [0.3, 0.4) is 0 Å². The number of aromatic hydroxyl groups is 1. The smallest absolute Gasteiger partial charge is 0.341 e. The number of epoxide rings is 1. The van der Waals surface area contributed by atoms with Crippen molar-refractivity contribution >= 4 is 16.9 Å². The molecule has 0 aliphatic carbocycles. The van der Waals surface area contributed by atoms with Gasteiger partial charge in [-0.1, -0.05) is 13.8 Å². The Labute approximate surface area is 181 Å². The van der Waals surface area contributed by atoms with Gasteiger partial charge in [-0.05, 0) is 46.5 Å². The van der Waals surface area contributed by atoms with Crippen LogP contribution in [0.2, 0.25) is 0 Å². The Morgan fingerprint density at radius 1 is 1.29 bits per heavy atom. The molecule has 1 fully saturated rings. The highest BCUT2D eigenvalue weighted by atomic mass is 16.7. The van der Waals surface area contributed by atoms with Gasteiger partial charge in [-0.15, -0.1) is 0 Å². The third kappa shape index (κ3) is 3.80. The molecule has 1 aromatic carbocycles. The van der Waals surface area contributed by atoms with Crippen LogP contribution in [-0.4, -0.2) is 34.5 Å². The van der Waals surface area contributed by atoms with Crippen molar-refractivity contribution in [2.75, 3.05) is 0 Å². The Balaban J connectivity index is 1.59. The third-order valence-corrected chi connectivity index (χ3v) is 6.32. The Morgan fingerprint density at radius 3 is 2.68 bits per heavy atom. The molecule has 0 amide bonds. The second-order valence-corrected chi connectivity index (χ2v) is 9.78. The van der Waals surface area contributed by atoms with Crippen molar-refractivity contribution in [3.8, 4) is 11.5 Å². The summed E-state index contributed by atoms with van der Waals surface area (Å²) in [6, 6.07) is 2.95. The molecular formula is C24H30O7. The van der Waals surface area contributed by atoms with Gasteiger partial charge in [0.2, 0.25) is 0 Å². The first-order valence-electron chi connectivity index (χ1n) is 10.8. The number of fused-ring (bicyclic) bond motifs is 2. The van der Waals surface area contributed by atoms with Crippen LogP contribution in [0, 0.1) is 12.8 Å². The lowest BCUT2D eigenvalue weighted by Crippen LogP contribution is -2.50. The van der Waals surface area contributed by atoms with Gasteiger partial charge in [0.15, 0.2) is 11.0 Å². The molecular weight excluding hydrogens is 400 g/mol. The molecule has 0 unspecified atom stereocenters. The molecule has 1 saturated heterocycles. The minimum Gasteiger partial charge on any atom is -0.507 e. The number of hydrogen-bond donors (Lipinski definition) is 1. The number of carbonyl (C=O) groups excluding carboxylic acids is 1. The summed E-state index contributed by atoms with van der Waals surface area (Å²) in [4.78, 5) is 25.3. The lowest BCUT2D eigenvalue weighted by molar-refractivity contribution is -0.167. The molecule has 0 bridgehead atoms. The Bertz CT molecular complexity index is 1100. The van der Waals surface area contributed by atoms with Crippen LogP contribution in [0.5, 0.6) is 11.5 Å². The standard InChI is InChI=1S/C24H30O7/c1-12(2)7-8-18-24(6,31-18)22(27)29-19-10-14-16(30-23(19,4)5)11-17-20(21(14)26)15(25)9-13(3)28-17/h9,11-12,18-19,26H,7-8,10H2,1-6H3/t18-,19-,24+/m1/s1. The molecule has 2 aromatic rings. The molecule has 7 heteroatoms. The van der Waals surface area contributed by atoms with Crippen molar-refractivity contribution in [2.45, 2.75) is 84.2 Å². The van der Waals surface area contributed by atoms with E-state index in [2.05, 4.69) is 13.8 Å². The van der Waals surface area contributed by atoms with Crippen LogP contribution in [0.4, 0.5) is 0 Å². The van der Waals surface area contributed by atoms with E-state index in [1.807, 2.05) is 13.8 Å². The normalized spacial score (nSPS) is 26.4. The van der Waals surface area contributed by atoms with E-state index in [1.165, 1.54) is 6.07 Å². The van der Waals surface area contributed by atoms with Gasteiger partial charge in [0.05, 0.1) is 6.10 Å². The summed E-state index contributed by atoms with van der Waals surface area (Å²) >= 11 is 0. The number of esters is 1. The third-order valence-electron chi connectivity index (χ3n) is 6.32. The summed E-state index contributed by atoms with van der Waals surface area (Å²) < 4.78 is 23.2. The molecule has 0 radical (unpaired) electrons. The Morgan fingerprint density at radius 2 is 2.00 bits per heavy atom. The highest BCUT2D eigenvalue weighted by Crippen LogP contribution is 2.45. The van der Waals surface area contributed by atoms with Gasteiger partial charge >= 0.3 is 5.97 Å². The van der Waals surface area contributed by atoms with Gasteiger partial charge in [-0.25, -0.2) is 4.79 Å². The maximum Gasteiger partial charge on any atom is 0.341 e. The SMILES string of the molecule is Cc1cc(=O)c2c(O)c3c(cc2o1)OC(C)(C)[C@H](OC(=O)[C@@]1(C)O[C@@H]1CCC(C)C)C3.